The van der Waals surface area contributed by atoms with Crippen molar-refractivity contribution in [3.63, 3.8) is 0 Å². The smallest absolute Gasteiger partial charge is 0.303 e. The first-order chi connectivity index (χ1) is 17.5. The van der Waals surface area contributed by atoms with Crippen molar-refractivity contribution in [2.75, 3.05) is 18.5 Å². The Labute approximate surface area is 217 Å². The molecule has 2 aromatic carbocycles. The lowest BCUT2D eigenvalue weighted by atomic mass is 9.77. The van der Waals surface area contributed by atoms with Crippen LogP contribution in [0, 0.1) is 0 Å². The number of nitrogens with zero attached hydrogens (tertiary/aromatic N) is 2. The van der Waals surface area contributed by atoms with Crippen LogP contribution in [0.25, 0.3) is 0 Å². The summed E-state index contributed by atoms with van der Waals surface area (Å²) in [6.07, 6.45) is 4.00. The van der Waals surface area contributed by atoms with Crippen molar-refractivity contribution in [1.29, 1.82) is 0 Å². The van der Waals surface area contributed by atoms with Crippen LogP contribution in [0.2, 0.25) is 0 Å². The predicted molar refractivity (Wildman–Crippen MR) is 142 cm³/mol. The second kappa shape index (κ2) is 8.58. The number of carbonyl (C=O) groups is 2. The predicted octanol–water partition coefficient (Wildman–Crippen LogP) is 4.36. The summed E-state index contributed by atoms with van der Waals surface area (Å²) in [7, 11) is 1.97. The maximum atomic E-state index is 13.3. The fourth-order valence-electron chi connectivity index (χ4n) is 5.96. The topological polar surface area (TPSA) is 83.7 Å². The van der Waals surface area contributed by atoms with Crippen molar-refractivity contribution < 1.29 is 24.4 Å². The van der Waals surface area contributed by atoms with Gasteiger partial charge in [-0.15, -0.1) is 0 Å². The van der Waals surface area contributed by atoms with Crippen molar-refractivity contribution >= 4 is 28.8 Å². The van der Waals surface area contributed by atoms with Gasteiger partial charge in [-0.05, 0) is 38.0 Å². The van der Waals surface area contributed by atoms with E-state index in [1.807, 2.05) is 49.5 Å². The number of ketones is 1. The van der Waals surface area contributed by atoms with Crippen molar-refractivity contribution in [1.82, 2.24) is 0 Å². The molecule has 0 fully saturated rings. The monoisotopic (exact) mass is 496 g/mol. The number of hydrogen-bond acceptors (Lipinski definition) is 4. The normalized spacial score (nSPS) is 21.5. The molecule has 37 heavy (non-hydrogen) atoms. The van der Waals surface area contributed by atoms with Crippen molar-refractivity contribution in [3.8, 4) is 0 Å². The quantitative estimate of drug-likeness (QED) is 0.475. The number of fused-ring (bicyclic) bond motifs is 2. The van der Waals surface area contributed by atoms with Crippen molar-refractivity contribution in [2.24, 2.45) is 0 Å². The fraction of sp³-hybridized carbons (Fsp3) is 0.323. The van der Waals surface area contributed by atoms with E-state index < -0.39 is 11.4 Å². The molecule has 6 nitrogen and oxygen atoms in total. The Morgan fingerprint density at radius 2 is 1.65 bits per heavy atom. The van der Waals surface area contributed by atoms with Gasteiger partial charge in [0.15, 0.2) is 11.5 Å². The van der Waals surface area contributed by atoms with Crippen LogP contribution in [0.1, 0.15) is 51.7 Å². The molecular formula is C31H32N2O4. The lowest BCUT2D eigenvalue weighted by molar-refractivity contribution is -0.401. The molecule has 0 bridgehead atoms. The van der Waals surface area contributed by atoms with E-state index in [-0.39, 0.29) is 34.5 Å². The van der Waals surface area contributed by atoms with Gasteiger partial charge in [0.2, 0.25) is 5.69 Å². The van der Waals surface area contributed by atoms with Gasteiger partial charge in [-0.3, -0.25) is 9.59 Å². The Hall–Kier alpha value is -3.93. The number of allylic oxidation sites excluding steroid dienone is 5. The Morgan fingerprint density at radius 3 is 2.30 bits per heavy atom. The largest absolute Gasteiger partial charge is 0.871 e. The zero-order valence-electron chi connectivity index (χ0n) is 22.0. The van der Waals surface area contributed by atoms with Gasteiger partial charge < -0.3 is 15.1 Å². The maximum Gasteiger partial charge on any atom is 0.303 e. The number of carboxylic acids is 1. The highest BCUT2D eigenvalue weighted by Gasteiger charge is 2.45. The summed E-state index contributed by atoms with van der Waals surface area (Å²) in [6, 6.07) is 16.1. The Morgan fingerprint density at radius 1 is 1.00 bits per heavy atom. The standard InChI is InChI=1S/C31H32N2O4/c1-30(2)21-11-6-8-13-23(21)32(5)25(30)17-19-28(36)20(29(19)37)18-26-31(3,4)22-12-7-9-14-24(22)33(26)16-10-15-27(34)35/h6-9,11-14,17-18H,10,15-16H2,1-5H3,(H-,34,35,36,37). The molecule has 2 aliphatic heterocycles. The van der Waals surface area contributed by atoms with Crippen LogP contribution in [0.4, 0.5) is 11.4 Å². The third-order valence-corrected chi connectivity index (χ3v) is 8.05. The molecule has 6 heteroatoms. The zero-order chi connectivity index (χ0) is 26.7. The molecule has 0 atom stereocenters. The summed E-state index contributed by atoms with van der Waals surface area (Å²) in [6.45, 7) is 8.85. The molecule has 0 amide bonds. The van der Waals surface area contributed by atoms with Gasteiger partial charge in [0.05, 0.1) is 5.41 Å². The highest BCUT2D eigenvalue weighted by molar-refractivity contribution is 6.24. The van der Waals surface area contributed by atoms with E-state index in [2.05, 4.69) is 43.2 Å². The molecule has 3 aliphatic rings. The molecule has 0 saturated heterocycles. The molecular weight excluding hydrogens is 464 g/mol. The number of anilines is 1. The molecule has 0 radical (unpaired) electrons. The van der Waals surface area contributed by atoms with Gasteiger partial charge >= 0.3 is 5.97 Å². The van der Waals surface area contributed by atoms with Gasteiger partial charge in [0.25, 0.3) is 0 Å². The van der Waals surface area contributed by atoms with Crippen molar-refractivity contribution in [3.05, 3.63) is 94.4 Å². The molecule has 0 unspecified atom stereocenters. The number of carbonyl (C=O) groups excluding carboxylic acids is 1. The summed E-state index contributed by atoms with van der Waals surface area (Å²) in [5.41, 5.74) is 5.71. The second-order valence-electron chi connectivity index (χ2n) is 11.0. The molecule has 0 aromatic heterocycles. The minimum atomic E-state index is -0.842. The van der Waals surface area contributed by atoms with Gasteiger partial charge in [-0.25, -0.2) is 0 Å². The zero-order valence-corrected chi connectivity index (χ0v) is 22.0. The van der Waals surface area contributed by atoms with Gasteiger partial charge in [-0.1, -0.05) is 56.0 Å². The van der Waals surface area contributed by atoms with Crippen LogP contribution in [0.15, 0.2) is 83.3 Å². The van der Waals surface area contributed by atoms with Crippen LogP contribution in [-0.2, 0) is 20.4 Å². The number of carboxylic acid groups (broad SMARTS) is 1. The van der Waals surface area contributed by atoms with Gasteiger partial charge in [0, 0.05) is 58.6 Å². The average molecular weight is 497 g/mol. The molecule has 1 aliphatic carbocycles. The first-order valence-corrected chi connectivity index (χ1v) is 12.7. The van der Waals surface area contributed by atoms with E-state index in [1.165, 1.54) is 0 Å². The fourth-order valence-corrected chi connectivity index (χ4v) is 5.96. The third-order valence-electron chi connectivity index (χ3n) is 8.05. The van der Waals surface area contributed by atoms with Crippen LogP contribution >= 0.6 is 0 Å². The molecule has 0 saturated carbocycles. The number of aliphatic carboxylic acids is 1. The molecule has 0 spiro atoms. The van der Waals surface area contributed by atoms with E-state index >= 15 is 0 Å². The van der Waals surface area contributed by atoms with E-state index in [4.69, 9.17) is 5.11 Å². The summed E-state index contributed by atoms with van der Waals surface area (Å²) in [5, 5.41) is 22.5. The highest BCUT2D eigenvalue weighted by atomic mass is 16.4. The summed E-state index contributed by atoms with van der Waals surface area (Å²) < 4.78 is 2.06. The summed E-state index contributed by atoms with van der Waals surface area (Å²) >= 11 is 0. The molecule has 2 heterocycles. The van der Waals surface area contributed by atoms with Crippen molar-refractivity contribution in [2.45, 2.75) is 51.4 Å². The van der Waals surface area contributed by atoms with E-state index in [9.17, 15) is 14.7 Å². The third kappa shape index (κ3) is 3.74. The van der Waals surface area contributed by atoms with Crippen LogP contribution in [0.5, 0.6) is 0 Å². The number of rotatable bonds is 6. The number of hydrogen-bond donors (Lipinski definition) is 1. The molecule has 1 N–H and O–H groups in total. The highest BCUT2D eigenvalue weighted by Crippen LogP contribution is 2.49. The first-order valence-electron chi connectivity index (χ1n) is 12.7. The summed E-state index contributed by atoms with van der Waals surface area (Å²) in [5.74, 6) is -1.34. The first kappa shape index (κ1) is 24.8. The maximum absolute atomic E-state index is 13.3. The number of Topliss-reactive ketones (excluding diaryl/α,β-unsaturated/α-hetero) is 1. The number of benzene rings is 2. The van der Waals surface area contributed by atoms with Gasteiger partial charge in [0.1, 0.15) is 7.05 Å². The molecule has 190 valence electrons. The Kier molecular flexibility index (Phi) is 5.74. The minimum absolute atomic E-state index is 0.0536. The van der Waals surface area contributed by atoms with E-state index in [0.29, 0.717) is 13.0 Å². The summed E-state index contributed by atoms with van der Waals surface area (Å²) in [4.78, 5) is 26.5. The van der Waals surface area contributed by atoms with E-state index in [1.54, 1.807) is 12.2 Å². The lowest BCUT2D eigenvalue weighted by Crippen LogP contribution is -2.35. The second-order valence-corrected chi connectivity index (χ2v) is 11.0. The molecule has 5 rings (SSSR count). The van der Waals surface area contributed by atoms with Crippen LogP contribution in [-0.4, -0.2) is 40.7 Å². The number of para-hydroxylation sites is 2. The van der Waals surface area contributed by atoms with Crippen LogP contribution in [0.3, 0.4) is 0 Å². The average Bonchev–Trinajstić information content (AvgIpc) is 3.19. The van der Waals surface area contributed by atoms with E-state index in [0.717, 1.165) is 33.9 Å². The lowest BCUT2D eigenvalue weighted by Gasteiger charge is -2.33. The SMILES string of the molecule is C[N+]1=C(C=C2C(=O)C(/C=C3\N(CCCC(=O)O)c4ccccc4C3(C)C)=C2[O-])C(C)(C)c2ccccc21. The van der Waals surface area contributed by atoms with Gasteiger partial charge in [-0.2, -0.15) is 4.58 Å². The minimum Gasteiger partial charge on any atom is -0.871 e. The Balaban J connectivity index is 1.53. The Bertz CT molecular complexity index is 1470. The van der Waals surface area contributed by atoms with Crippen LogP contribution < -0.4 is 10.0 Å². The molecule has 2 aromatic rings.